The quantitative estimate of drug-likeness (QED) is 0.503. The van der Waals surface area contributed by atoms with Crippen LogP contribution in [-0.4, -0.2) is 48.1 Å². The van der Waals surface area contributed by atoms with Crippen LogP contribution >= 0.6 is 0 Å². The van der Waals surface area contributed by atoms with Crippen LogP contribution in [0.1, 0.15) is 15.9 Å². The summed E-state index contributed by atoms with van der Waals surface area (Å²) in [7, 11) is 0. The topological polar surface area (TPSA) is 72.9 Å². The first-order chi connectivity index (χ1) is 12.7. The van der Waals surface area contributed by atoms with Crippen molar-refractivity contribution in [2.45, 2.75) is 0 Å². The highest BCUT2D eigenvalue weighted by Crippen LogP contribution is 2.18. The maximum Gasteiger partial charge on any atom is 0.267 e. The van der Waals surface area contributed by atoms with Gasteiger partial charge < -0.3 is 9.80 Å². The van der Waals surface area contributed by atoms with Gasteiger partial charge in [-0.25, -0.2) is 5.48 Å². The van der Waals surface area contributed by atoms with Crippen LogP contribution in [0.3, 0.4) is 0 Å². The molecule has 0 spiro atoms. The van der Waals surface area contributed by atoms with E-state index in [0.717, 1.165) is 18.8 Å². The van der Waals surface area contributed by atoms with Gasteiger partial charge in [-0.15, -0.1) is 0 Å². The molecule has 134 valence electrons. The van der Waals surface area contributed by atoms with Crippen molar-refractivity contribution in [2.75, 3.05) is 31.1 Å². The zero-order chi connectivity index (χ0) is 18.4. The Hall–Kier alpha value is -3.12. The lowest BCUT2D eigenvalue weighted by Gasteiger charge is -2.36. The van der Waals surface area contributed by atoms with Gasteiger partial charge in [-0.05, 0) is 29.8 Å². The highest BCUT2D eigenvalue weighted by atomic mass is 16.5. The molecule has 0 aliphatic carbocycles. The van der Waals surface area contributed by atoms with Crippen molar-refractivity contribution in [2.24, 2.45) is 0 Å². The molecule has 0 saturated carbocycles. The third kappa shape index (κ3) is 4.10. The average Bonchev–Trinajstić information content (AvgIpc) is 2.72. The lowest BCUT2D eigenvalue weighted by Crippen LogP contribution is -2.48. The molecule has 0 atom stereocenters. The van der Waals surface area contributed by atoms with Crippen molar-refractivity contribution < 1.29 is 14.8 Å². The van der Waals surface area contributed by atoms with Crippen molar-refractivity contribution in [3.05, 3.63) is 71.8 Å². The average molecular weight is 351 g/mol. The smallest absolute Gasteiger partial charge is 0.267 e. The molecule has 2 aromatic carbocycles. The van der Waals surface area contributed by atoms with E-state index in [4.69, 9.17) is 5.21 Å². The van der Waals surface area contributed by atoms with Gasteiger partial charge in [0.05, 0.1) is 0 Å². The fourth-order valence-electron chi connectivity index (χ4n) is 3.02. The van der Waals surface area contributed by atoms with E-state index in [1.807, 2.05) is 23.1 Å². The number of carbonyl (C=O) groups is 2. The van der Waals surface area contributed by atoms with Crippen molar-refractivity contribution in [1.29, 1.82) is 0 Å². The number of rotatable bonds is 4. The van der Waals surface area contributed by atoms with E-state index >= 15 is 0 Å². The van der Waals surface area contributed by atoms with E-state index in [0.29, 0.717) is 24.2 Å². The van der Waals surface area contributed by atoms with Gasteiger partial charge in [-0.1, -0.05) is 36.4 Å². The number of nitrogens with one attached hydrogen (secondary N) is 1. The molecule has 0 bridgehead atoms. The predicted molar refractivity (Wildman–Crippen MR) is 100.0 cm³/mol. The van der Waals surface area contributed by atoms with Gasteiger partial charge in [-0.2, -0.15) is 0 Å². The summed E-state index contributed by atoms with van der Waals surface area (Å²) < 4.78 is 0. The van der Waals surface area contributed by atoms with Crippen LogP contribution in [0.2, 0.25) is 0 Å². The number of anilines is 1. The van der Waals surface area contributed by atoms with Crippen LogP contribution in [0.5, 0.6) is 0 Å². The molecule has 2 amide bonds. The standard InChI is InChI=1S/C20H21N3O3/c24-19(21-26)11-10-16-6-4-5-9-18(16)20(25)23-14-12-22(13-15-23)17-7-2-1-3-8-17/h1-11,26H,12-15H2,(H,21,24). The van der Waals surface area contributed by atoms with Crippen molar-refractivity contribution in [1.82, 2.24) is 10.4 Å². The molecule has 0 aromatic heterocycles. The zero-order valence-electron chi connectivity index (χ0n) is 14.3. The first kappa shape index (κ1) is 17.7. The Morgan fingerprint density at radius 3 is 2.27 bits per heavy atom. The van der Waals surface area contributed by atoms with Gasteiger partial charge in [0.25, 0.3) is 11.8 Å². The van der Waals surface area contributed by atoms with E-state index in [2.05, 4.69) is 17.0 Å². The Morgan fingerprint density at radius 2 is 1.58 bits per heavy atom. The Bertz CT molecular complexity index is 797. The van der Waals surface area contributed by atoms with Crippen LogP contribution in [0.25, 0.3) is 6.08 Å². The minimum Gasteiger partial charge on any atom is -0.368 e. The maximum atomic E-state index is 12.9. The monoisotopic (exact) mass is 351 g/mol. The fourth-order valence-corrected chi connectivity index (χ4v) is 3.02. The molecule has 0 radical (unpaired) electrons. The Morgan fingerprint density at radius 1 is 0.923 bits per heavy atom. The number of piperazine rings is 1. The van der Waals surface area contributed by atoms with Crippen LogP contribution in [0.15, 0.2) is 60.7 Å². The zero-order valence-corrected chi connectivity index (χ0v) is 14.3. The molecule has 2 aromatic rings. The lowest BCUT2D eigenvalue weighted by atomic mass is 10.1. The van der Waals surface area contributed by atoms with Crippen LogP contribution in [-0.2, 0) is 4.79 Å². The second kappa shape index (κ2) is 8.31. The van der Waals surface area contributed by atoms with Crippen LogP contribution in [0.4, 0.5) is 5.69 Å². The van der Waals surface area contributed by atoms with Crippen LogP contribution < -0.4 is 10.4 Å². The summed E-state index contributed by atoms with van der Waals surface area (Å²) in [4.78, 5) is 28.2. The van der Waals surface area contributed by atoms with Gasteiger partial charge in [0, 0.05) is 43.5 Å². The Labute approximate surface area is 152 Å². The molecule has 1 fully saturated rings. The summed E-state index contributed by atoms with van der Waals surface area (Å²) in [6.45, 7) is 2.84. The molecule has 3 rings (SSSR count). The van der Waals surface area contributed by atoms with Gasteiger partial charge >= 0.3 is 0 Å². The SMILES string of the molecule is O=C(C=Cc1ccccc1C(=O)N1CCN(c2ccccc2)CC1)NO. The summed E-state index contributed by atoms with van der Waals surface area (Å²) >= 11 is 0. The van der Waals surface area contributed by atoms with Gasteiger partial charge in [0.2, 0.25) is 0 Å². The molecule has 1 saturated heterocycles. The van der Waals surface area contributed by atoms with E-state index in [1.165, 1.54) is 12.2 Å². The minimum absolute atomic E-state index is 0.0534. The summed E-state index contributed by atoms with van der Waals surface area (Å²) in [6, 6.07) is 17.3. The van der Waals surface area contributed by atoms with Gasteiger partial charge in [0.1, 0.15) is 0 Å². The number of amides is 2. The first-order valence-electron chi connectivity index (χ1n) is 8.49. The molecular formula is C20H21N3O3. The summed E-state index contributed by atoms with van der Waals surface area (Å²) in [5.74, 6) is -0.689. The molecule has 26 heavy (non-hydrogen) atoms. The summed E-state index contributed by atoms with van der Waals surface area (Å²) in [5.41, 5.74) is 3.89. The van der Waals surface area contributed by atoms with Crippen molar-refractivity contribution in [3.63, 3.8) is 0 Å². The number of hydrogen-bond donors (Lipinski definition) is 2. The number of hydroxylamine groups is 1. The maximum absolute atomic E-state index is 12.9. The Balaban J connectivity index is 1.69. The predicted octanol–water partition coefficient (Wildman–Crippen LogP) is 2.17. The number of para-hydroxylation sites is 1. The van der Waals surface area contributed by atoms with Crippen LogP contribution in [0, 0.1) is 0 Å². The van der Waals surface area contributed by atoms with Gasteiger partial charge in [0.15, 0.2) is 0 Å². The van der Waals surface area contributed by atoms with E-state index < -0.39 is 5.91 Å². The molecule has 1 aliphatic heterocycles. The van der Waals surface area contributed by atoms with E-state index in [-0.39, 0.29) is 5.91 Å². The largest absolute Gasteiger partial charge is 0.368 e. The molecular weight excluding hydrogens is 330 g/mol. The molecule has 6 heteroatoms. The second-order valence-corrected chi connectivity index (χ2v) is 6.01. The van der Waals surface area contributed by atoms with Crippen molar-refractivity contribution in [3.8, 4) is 0 Å². The Kier molecular flexibility index (Phi) is 5.66. The fraction of sp³-hybridized carbons (Fsp3) is 0.200. The normalized spacial score (nSPS) is 14.5. The number of carbonyl (C=O) groups excluding carboxylic acids is 2. The molecule has 6 nitrogen and oxygen atoms in total. The lowest BCUT2D eigenvalue weighted by molar-refractivity contribution is -0.124. The highest BCUT2D eigenvalue weighted by Gasteiger charge is 2.23. The summed E-state index contributed by atoms with van der Waals surface area (Å²) in [5, 5.41) is 8.58. The molecule has 0 unspecified atom stereocenters. The number of hydrogen-bond acceptors (Lipinski definition) is 4. The second-order valence-electron chi connectivity index (χ2n) is 6.01. The molecule has 2 N–H and O–H groups in total. The van der Waals surface area contributed by atoms with Crippen molar-refractivity contribution >= 4 is 23.6 Å². The number of benzene rings is 2. The third-order valence-electron chi connectivity index (χ3n) is 4.40. The van der Waals surface area contributed by atoms with E-state index in [1.54, 1.807) is 29.7 Å². The summed E-state index contributed by atoms with van der Waals surface area (Å²) in [6.07, 6.45) is 2.72. The highest BCUT2D eigenvalue weighted by molar-refractivity contribution is 5.99. The molecule has 1 aliphatic rings. The minimum atomic E-state index is -0.635. The molecule has 1 heterocycles. The third-order valence-corrected chi connectivity index (χ3v) is 4.40. The van der Waals surface area contributed by atoms with E-state index in [9.17, 15) is 9.59 Å². The van der Waals surface area contributed by atoms with Gasteiger partial charge in [-0.3, -0.25) is 14.8 Å². The number of nitrogens with zero attached hydrogens (tertiary/aromatic N) is 2. The first-order valence-corrected chi connectivity index (χ1v) is 8.49.